The summed E-state index contributed by atoms with van der Waals surface area (Å²) < 4.78 is 5.38. The Bertz CT molecular complexity index is 328. The largest absolute Gasteiger partial charge is 0.496 e. The van der Waals surface area contributed by atoms with E-state index in [2.05, 4.69) is 25.2 Å². The van der Waals surface area contributed by atoms with Crippen molar-refractivity contribution in [1.82, 2.24) is 5.32 Å². The van der Waals surface area contributed by atoms with E-state index in [1.165, 1.54) is 5.56 Å². The molecule has 1 aromatic carbocycles. The third kappa shape index (κ3) is 4.02. The number of aliphatic hydroxyl groups is 1. The Morgan fingerprint density at radius 3 is 2.65 bits per heavy atom. The maximum Gasteiger partial charge on any atom is 0.123 e. The number of aliphatic hydroxyl groups excluding tert-OH is 1. The Labute approximate surface area is 104 Å². The van der Waals surface area contributed by atoms with Crippen LogP contribution in [-0.4, -0.2) is 24.9 Å². The maximum atomic E-state index is 8.93. The molecule has 0 aliphatic heterocycles. The third-order valence-corrected chi connectivity index (χ3v) is 2.97. The molecule has 0 aromatic heterocycles. The van der Waals surface area contributed by atoms with Gasteiger partial charge in [0.15, 0.2) is 0 Å². The first-order valence-corrected chi connectivity index (χ1v) is 6.22. The Balaban J connectivity index is 2.78. The van der Waals surface area contributed by atoms with E-state index in [0.29, 0.717) is 6.04 Å². The lowest BCUT2D eigenvalue weighted by Gasteiger charge is -2.23. The van der Waals surface area contributed by atoms with Crippen LogP contribution in [0.25, 0.3) is 0 Å². The Morgan fingerprint density at radius 2 is 2.06 bits per heavy atom. The van der Waals surface area contributed by atoms with Gasteiger partial charge in [0.1, 0.15) is 5.75 Å². The average Bonchev–Trinajstić information content (AvgIpc) is 2.36. The van der Waals surface area contributed by atoms with Crippen LogP contribution in [0.15, 0.2) is 24.3 Å². The van der Waals surface area contributed by atoms with Gasteiger partial charge in [-0.1, -0.05) is 25.1 Å². The zero-order chi connectivity index (χ0) is 12.7. The Kier molecular flexibility index (Phi) is 6.01. The molecule has 0 radical (unpaired) electrons. The smallest absolute Gasteiger partial charge is 0.123 e. The van der Waals surface area contributed by atoms with Crippen LogP contribution in [0.4, 0.5) is 0 Å². The molecule has 0 heterocycles. The summed E-state index contributed by atoms with van der Waals surface area (Å²) >= 11 is 0. The van der Waals surface area contributed by atoms with Crippen LogP contribution in [0.2, 0.25) is 0 Å². The summed E-state index contributed by atoms with van der Waals surface area (Å²) in [6.45, 7) is 4.46. The molecular weight excluding hydrogens is 214 g/mol. The highest BCUT2D eigenvalue weighted by Crippen LogP contribution is 2.27. The first kappa shape index (κ1) is 14.0. The van der Waals surface area contributed by atoms with Crippen molar-refractivity contribution in [2.75, 3.05) is 13.7 Å². The van der Waals surface area contributed by atoms with Gasteiger partial charge >= 0.3 is 0 Å². The zero-order valence-electron chi connectivity index (χ0n) is 10.9. The number of para-hydroxylation sites is 1. The lowest BCUT2D eigenvalue weighted by atomic mass is 10.0. The van der Waals surface area contributed by atoms with Crippen molar-refractivity contribution >= 4 is 0 Å². The second kappa shape index (κ2) is 7.30. The topological polar surface area (TPSA) is 41.5 Å². The quantitative estimate of drug-likeness (QED) is 0.765. The number of benzene rings is 1. The van der Waals surface area contributed by atoms with Gasteiger partial charge in [-0.2, -0.15) is 0 Å². The van der Waals surface area contributed by atoms with Crippen molar-refractivity contribution < 1.29 is 9.84 Å². The van der Waals surface area contributed by atoms with Crippen LogP contribution >= 0.6 is 0 Å². The molecule has 0 amide bonds. The van der Waals surface area contributed by atoms with Crippen LogP contribution in [0.5, 0.6) is 5.75 Å². The molecule has 0 spiro atoms. The predicted molar refractivity (Wildman–Crippen MR) is 70.3 cm³/mol. The number of hydrogen-bond donors (Lipinski definition) is 2. The van der Waals surface area contributed by atoms with Crippen molar-refractivity contribution in [1.29, 1.82) is 0 Å². The highest BCUT2D eigenvalue weighted by atomic mass is 16.5. The Hall–Kier alpha value is -1.06. The minimum Gasteiger partial charge on any atom is -0.496 e. The molecule has 1 rings (SSSR count). The van der Waals surface area contributed by atoms with Gasteiger partial charge in [-0.05, 0) is 25.8 Å². The fourth-order valence-corrected chi connectivity index (χ4v) is 2.00. The SMILES string of the molecule is CCC(NC(C)CCO)c1ccccc1OC. The summed E-state index contributed by atoms with van der Waals surface area (Å²) in [5.41, 5.74) is 1.18. The number of rotatable bonds is 7. The second-order valence-corrected chi connectivity index (χ2v) is 4.28. The van der Waals surface area contributed by atoms with Crippen molar-refractivity contribution in [3.8, 4) is 5.75 Å². The van der Waals surface area contributed by atoms with Crippen LogP contribution in [-0.2, 0) is 0 Å². The van der Waals surface area contributed by atoms with Gasteiger partial charge in [0.2, 0.25) is 0 Å². The van der Waals surface area contributed by atoms with E-state index in [0.717, 1.165) is 18.6 Å². The molecule has 1 aromatic rings. The van der Waals surface area contributed by atoms with Gasteiger partial charge in [-0.15, -0.1) is 0 Å². The van der Waals surface area contributed by atoms with Crippen LogP contribution in [0.1, 0.15) is 38.3 Å². The van der Waals surface area contributed by atoms with Gasteiger partial charge in [0.05, 0.1) is 7.11 Å². The van der Waals surface area contributed by atoms with Crippen molar-refractivity contribution in [2.45, 2.75) is 38.8 Å². The lowest BCUT2D eigenvalue weighted by Crippen LogP contribution is -2.31. The fourth-order valence-electron chi connectivity index (χ4n) is 2.00. The normalized spacial score (nSPS) is 14.4. The van der Waals surface area contributed by atoms with E-state index in [1.54, 1.807) is 7.11 Å². The van der Waals surface area contributed by atoms with E-state index in [9.17, 15) is 0 Å². The Morgan fingerprint density at radius 1 is 1.35 bits per heavy atom. The van der Waals surface area contributed by atoms with E-state index in [-0.39, 0.29) is 12.6 Å². The number of nitrogens with one attached hydrogen (secondary N) is 1. The standard InChI is InChI=1S/C14H23NO2/c1-4-13(15-11(2)9-10-16)12-7-5-6-8-14(12)17-3/h5-8,11,13,15-16H,4,9-10H2,1-3H3. The average molecular weight is 237 g/mol. The van der Waals surface area contributed by atoms with Gasteiger partial charge in [0, 0.05) is 24.3 Å². The zero-order valence-corrected chi connectivity index (χ0v) is 10.9. The number of methoxy groups -OCH3 is 1. The molecule has 2 N–H and O–H groups in total. The van der Waals surface area contributed by atoms with Gasteiger partial charge in [0.25, 0.3) is 0 Å². The summed E-state index contributed by atoms with van der Waals surface area (Å²) in [5, 5.41) is 12.4. The molecule has 96 valence electrons. The molecule has 0 saturated heterocycles. The molecule has 3 nitrogen and oxygen atoms in total. The summed E-state index contributed by atoms with van der Waals surface area (Å²) in [7, 11) is 1.70. The molecule has 0 bridgehead atoms. The summed E-state index contributed by atoms with van der Waals surface area (Å²) in [4.78, 5) is 0. The van der Waals surface area contributed by atoms with Crippen molar-refractivity contribution in [3.63, 3.8) is 0 Å². The molecule has 2 atom stereocenters. The second-order valence-electron chi connectivity index (χ2n) is 4.28. The minimum atomic E-state index is 0.219. The fraction of sp³-hybridized carbons (Fsp3) is 0.571. The van der Waals surface area contributed by atoms with E-state index in [4.69, 9.17) is 9.84 Å². The van der Waals surface area contributed by atoms with E-state index < -0.39 is 0 Å². The van der Waals surface area contributed by atoms with E-state index in [1.807, 2.05) is 18.2 Å². The van der Waals surface area contributed by atoms with Crippen LogP contribution < -0.4 is 10.1 Å². The molecular formula is C14H23NO2. The maximum absolute atomic E-state index is 8.93. The van der Waals surface area contributed by atoms with Crippen LogP contribution in [0.3, 0.4) is 0 Å². The monoisotopic (exact) mass is 237 g/mol. The summed E-state index contributed by atoms with van der Waals surface area (Å²) in [6, 6.07) is 8.65. The molecule has 0 aliphatic rings. The highest BCUT2D eigenvalue weighted by Gasteiger charge is 2.15. The molecule has 2 unspecified atom stereocenters. The number of ether oxygens (including phenoxy) is 1. The first-order chi connectivity index (χ1) is 8.22. The minimum absolute atomic E-state index is 0.219. The summed E-state index contributed by atoms with van der Waals surface area (Å²) in [6.07, 6.45) is 1.77. The first-order valence-electron chi connectivity index (χ1n) is 6.22. The molecule has 0 aliphatic carbocycles. The molecule has 3 heteroatoms. The predicted octanol–water partition coefficient (Wildman–Crippen LogP) is 2.51. The van der Waals surface area contributed by atoms with Gasteiger partial charge in [-0.3, -0.25) is 0 Å². The van der Waals surface area contributed by atoms with Crippen molar-refractivity contribution in [2.24, 2.45) is 0 Å². The number of hydrogen-bond acceptors (Lipinski definition) is 3. The van der Waals surface area contributed by atoms with E-state index >= 15 is 0 Å². The summed E-state index contributed by atoms with van der Waals surface area (Å²) in [5.74, 6) is 0.919. The lowest BCUT2D eigenvalue weighted by molar-refractivity contribution is 0.261. The molecule has 0 saturated carbocycles. The molecule has 0 fully saturated rings. The van der Waals surface area contributed by atoms with Gasteiger partial charge in [-0.25, -0.2) is 0 Å². The molecule has 17 heavy (non-hydrogen) atoms. The van der Waals surface area contributed by atoms with Crippen LogP contribution in [0, 0.1) is 0 Å². The van der Waals surface area contributed by atoms with Crippen molar-refractivity contribution in [3.05, 3.63) is 29.8 Å². The van der Waals surface area contributed by atoms with Gasteiger partial charge < -0.3 is 15.2 Å². The highest BCUT2D eigenvalue weighted by molar-refractivity contribution is 5.35. The third-order valence-electron chi connectivity index (χ3n) is 2.97.